The lowest BCUT2D eigenvalue weighted by molar-refractivity contribution is -0.125. The molecule has 0 radical (unpaired) electrons. The van der Waals surface area contributed by atoms with Crippen LogP contribution in [0.2, 0.25) is 0 Å². The fourth-order valence-corrected chi connectivity index (χ4v) is 1.97. The van der Waals surface area contributed by atoms with E-state index >= 15 is 0 Å². The molecule has 0 unspecified atom stereocenters. The van der Waals surface area contributed by atoms with Gasteiger partial charge in [-0.25, -0.2) is 4.98 Å². The minimum Gasteiger partial charge on any atom is -0.448 e. The van der Waals surface area contributed by atoms with Crippen molar-refractivity contribution in [2.45, 2.75) is 25.2 Å². The van der Waals surface area contributed by atoms with Gasteiger partial charge in [0, 0.05) is 37.6 Å². The lowest BCUT2D eigenvalue weighted by Gasteiger charge is -2.19. The second-order valence-corrected chi connectivity index (χ2v) is 4.35. The quantitative estimate of drug-likeness (QED) is 0.807. The summed E-state index contributed by atoms with van der Waals surface area (Å²) in [5.74, 6) is 1.20. The van der Waals surface area contributed by atoms with Crippen molar-refractivity contribution in [3.05, 3.63) is 47.9 Å². The van der Waals surface area contributed by atoms with Gasteiger partial charge < -0.3 is 4.42 Å². The standard InChI is InChI=1S/C13H12N2O2/c16-12-6-10(7-12)13-15-11(8-17-13)5-9-1-3-14-4-2-9/h1-4,8,10H,5-7H2. The van der Waals surface area contributed by atoms with E-state index in [1.54, 1.807) is 18.7 Å². The van der Waals surface area contributed by atoms with Gasteiger partial charge >= 0.3 is 0 Å². The molecule has 2 heterocycles. The molecule has 1 aliphatic carbocycles. The maximum absolute atomic E-state index is 10.9. The summed E-state index contributed by atoms with van der Waals surface area (Å²) in [4.78, 5) is 19.3. The summed E-state index contributed by atoms with van der Waals surface area (Å²) in [5.41, 5.74) is 2.06. The van der Waals surface area contributed by atoms with Crippen molar-refractivity contribution >= 4 is 5.78 Å². The van der Waals surface area contributed by atoms with Gasteiger partial charge in [0.25, 0.3) is 0 Å². The van der Waals surface area contributed by atoms with E-state index in [1.807, 2.05) is 12.1 Å². The summed E-state index contributed by atoms with van der Waals surface area (Å²) < 4.78 is 5.41. The summed E-state index contributed by atoms with van der Waals surface area (Å²) in [7, 11) is 0. The molecule has 0 spiro atoms. The number of aromatic nitrogens is 2. The highest BCUT2D eigenvalue weighted by Gasteiger charge is 2.31. The predicted octanol–water partition coefficient (Wildman–Crippen LogP) is 2.11. The number of carbonyl (C=O) groups excluding carboxylic acids is 1. The second kappa shape index (κ2) is 4.13. The number of pyridine rings is 1. The maximum Gasteiger partial charge on any atom is 0.198 e. The van der Waals surface area contributed by atoms with Crippen LogP contribution in [0.25, 0.3) is 0 Å². The van der Waals surface area contributed by atoms with Crippen LogP contribution in [-0.2, 0) is 11.2 Å². The molecular formula is C13H12N2O2. The molecule has 17 heavy (non-hydrogen) atoms. The third kappa shape index (κ3) is 2.11. The Morgan fingerprint density at radius 1 is 1.29 bits per heavy atom. The molecule has 4 nitrogen and oxygen atoms in total. The monoisotopic (exact) mass is 228 g/mol. The summed E-state index contributed by atoms with van der Waals surface area (Å²) in [6.07, 6.45) is 7.11. The third-order valence-corrected chi connectivity index (χ3v) is 3.00. The number of rotatable bonds is 3. The Labute approximate surface area is 98.7 Å². The summed E-state index contributed by atoms with van der Waals surface area (Å²) in [5, 5.41) is 0. The normalized spacial score (nSPS) is 15.9. The summed E-state index contributed by atoms with van der Waals surface area (Å²) in [6.45, 7) is 0. The number of hydrogen-bond donors (Lipinski definition) is 0. The smallest absolute Gasteiger partial charge is 0.198 e. The lowest BCUT2D eigenvalue weighted by atomic mass is 9.84. The first-order valence-electron chi connectivity index (χ1n) is 5.66. The molecule has 0 saturated heterocycles. The number of hydrogen-bond acceptors (Lipinski definition) is 4. The molecule has 2 aromatic rings. The number of Topliss-reactive ketones (excluding diaryl/α,β-unsaturated/α-hetero) is 1. The van der Waals surface area contributed by atoms with Crippen LogP contribution in [0, 0.1) is 0 Å². The average Bonchev–Trinajstić information content (AvgIpc) is 2.74. The first kappa shape index (κ1) is 10.2. The van der Waals surface area contributed by atoms with Gasteiger partial charge in [0.15, 0.2) is 5.89 Å². The van der Waals surface area contributed by atoms with Crippen molar-refractivity contribution < 1.29 is 9.21 Å². The van der Waals surface area contributed by atoms with Crippen LogP contribution >= 0.6 is 0 Å². The van der Waals surface area contributed by atoms with Crippen LogP contribution in [0.3, 0.4) is 0 Å². The molecule has 0 aliphatic heterocycles. The van der Waals surface area contributed by atoms with Crippen LogP contribution < -0.4 is 0 Å². The van der Waals surface area contributed by atoms with Gasteiger partial charge in [0.2, 0.25) is 0 Å². The number of oxazole rings is 1. The molecular weight excluding hydrogens is 216 g/mol. The van der Waals surface area contributed by atoms with Crippen molar-refractivity contribution in [2.75, 3.05) is 0 Å². The van der Waals surface area contributed by atoms with Crippen LogP contribution in [0.15, 0.2) is 35.2 Å². The van der Waals surface area contributed by atoms with Gasteiger partial charge in [-0.2, -0.15) is 0 Å². The van der Waals surface area contributed by atoms with Gasteiger partial charge in [-0.1, -0.05) is 0 Å². The van der Waals surface area contributed by atoms with Crippen LogP contribution in [0.4, 0.5) is 0 Å². The Kier molecular flexibility index (Phi) is 2.48. The van der Waals surface area contributed by atoms with Crippen molar-refractivity contribution in [3.63, 3.8) is 0 Å². The Morgan fingerprint density at radius 3 is 2.76 bits per heavy atom. The van der Waals surface area contributed by atoms with E-state index in [1.165, 1.54) is 0 Å². The van der Waals surface area contributed by atoms with Gasteiger partial charge in [-0.15, -0.1) is 0 Å². The number of nitrogens with zero attached hydrogens (tertiary/aromatic N) is 2. The molecule has 0 aromatic carbocycles. The lowest BCUT2D eigenvalue weighted by Crippen LogP contribution is -2.21. The van der Waals surface area contributed by atoms with Crippen molar-refractivity contribution in [3.8, 4) is 0 Å². The number of carbonyl (C=O) groups is 1. The Balaban J connectivity index is 1.71. The van der Waals surface area contributed by atoms with Gasteiger partial charge in [0.1, 0.15) is 12.0 Å². The zero-order valence-corrected chi connectivity index (χ0v) is 9.30. The van der Waals surface area contributed by atoms with Crippen LogP contribution in [-0.4, -0.2) is 15.8 Å². The van der Waals surface area contributed by atoms with Gasteiger partial charge in [-0.05, 0) is 17.7 Å². The summed E-state index contributed by atoms with van der Waals surface area (Å²) in [6, 6.07) is 3.92. The minimum absolute atomic E-state index is 0.202. The van der Waals surface area contributed by atoms with Crippen molar-refractivity contribution in [1.82, 2.24) is 9.97 Å². The second-order valence-electron chi connectivity index (χ2n) is 4.35. The first-order chi connectivity index (χ1) is 8.31. The van der Waals surface area contributed by atoms with E-state index < -0.39 is 0 Å². The molecule has 0 bridgehead atoms. The van der Waals surface area contributed by atoms with E-state index in [2.05, 4.69) is 9.97 Å². The largest absolute Gasteiger partial charge is 0.448 e. The molecule has 1 fully saturated rings. The molecule has 1 saturated carbocycles. The highest BCUT2D eigenvalue weighted by molar-refractivity contribution is 5.86. The average molecular weight is 228 g/mol. The van der Waals surface area contributed by atoms with Crippen molar-refractivity contribution in [2.24, 2.45) is 0 Å². The molecule has 4 heteroatoms. The Bertz CT molecular complexity index is 525. The van der Waals surface area contributed by atoms with E-state index in [-0.39, 0.29) is 5.92 Å². The molecule has 1 aliphatic rings. The Hall–Kier alpha value is -1.97. The zero-order chi connectivity index (χ0) is 11.7. The van der Waals surface area contributed by atoms with Gasteiger partial charge in [-0.3, -0.25) is 9.78 Å². The molecule has 3 rings (SSSR count). The Morgan fingerprint density at radius 2 is 2.06 bits per heavy atom. The molecule has 86 valence electrons. The van der Waals surface area contributed by atoms with Gasteiger partial charge in [0.05, 0.1) is 5.69 Å². The molecule has 0 amide bonds. The topological polar surface area (TPSA) is 56.0 Å². The fraction of sp³-hybridized carbons (Fsp3) is 0.308. The highest BCUT2D eigenvalue weighted by atomic mass is 16.3. The summed E-state index contributed by atoms with van der Waals surface area (Å²) >= 11 is 0. The van der Waals surface area contributed by atoms with Crippen LogP contribution in [0.1, 0.15) is 35.9 Å². The minimum atomic E-state index is 0.202. The van der Waals surface area contributed by atoms with Crippen LogP contribution in [0.5, 0.6) is 0 Å². The highest BCUT2D eigenvalue weighted by Crippen LogP contribution is 2.32. The SMILES string of the molecule is O=C1CC(c2nc(Cc3ccncc3)co2)C1. The third-order valence-electron chi connectivity index (χ3n) is 3.00. The number of ketones is 1. The van der Waals surface area contributed by atoms with E-state index in [4.69, 9.17) is 4.42 Å². The fourth-order valence-electron chi connectivity index (χ4n) is 1.97. The zero-order valence-electron chi connectivity index (χ0n) is 9.30. The predicted molar refractivity (Wildman–Crippen MR) is 60.5 cm³/mol. The van der Waals surface area contributed by atoms with E-state index in [9.17, 15) is 4.79 Å². The molecule has 2 aromatic heterocycles. The first-order valence-corrected chi connectivity index (χ1v) is 5.66. The molecule has 0 atom stereocenters. The molecule has 0 N–H and O–H groups in total. The van der Waals surface area contributed by atoms with Crippen molar-refractivity contribution in [1.29, 1.82) is 0 Å². The van der Waals surface area contributed by atoms with E-state index in [0.29, 0.717) is 24.5 Å². The maximum atomic E-state index is 10.9. The van der Waals surface area contributed by atoms with E-state index in [0.717, 1.165) is 17.7 Å².